The Morgan fingerprint density at radius 2 is 1.92 bits per heavy atom. The summed E-state index contributed by atoms with van der Waals surface area (Å²) in [4.78, 5) is 1.20. The lowest BCUT2D eigenvalue weighted by molar-refractivity contribution is 0.236. The van der Waals surface area contributed by atoms with Gasteiger partial charge >= 0.3 is 0 Å². The zero-order chi connectivity index (χ0) is 8.97. The predicted molar refractivity (Wildman–Crippen MR) is 54.0 cm³/mol. The molecule has 0 aromatic heterocycles. The summed E-state index contributed by atoms with van der Waals surface area (Å²) in [6, 6.07) is 8.10. The van der Waals surface area contributed by atoms with Gasteiger partial charge in [-0.05, 0) is 32.2 Å². The third-order valence-electron chi connectivity index (χ3n) is 1.43. The number of rotatable bonds is 3. The van der Waals surface area contributed by atoms with Crippen LogP contribution in [0.3, 0.4) is 0 Å². The molecule has 66 valence electrons. The zero-order valence-corrected chi connectivity index (χ0v) is 8.52. The Balaban J connectivity index is 2.82. The first-order chi connectivity index (χ1) is 5.74. The highest BCUT2D eigenvalue weighted by atomic mass is 32.2. The van der Waals surface area contributed by atoms with E-state index in [4.69, 9.17) is 4.74 Å². The molecule has 0 saturated carbocycles. The summed E-state index contributed by atoms with van der Waals surface area (Å²) in [5.41, 5.74) is 0. The number of ether oxygens (including phenoxy) is 1. The van der Waals surface area contributed by atoms with E-state index in [0.717, 1.165) is 5.75 Å². The third kappa shape index (κ3) is 2.45. The summed E-state index contributed by atoms with van der Waals surface area (Å²) in [6.07, 6.45) is 2.31. The van der Waals surface area contributed by atoms with E-state index >= 15 is 0 Å². The van der Waals surface area contributed by atoms with Gasteiger partial charge in [0.25, 0.3) is 0 Å². The first-order valence-electron chi connectivity index (χ1n) is 4.03. The molecule has 0 amide bonds. The van der Waals surface area contributed by atoms with Crippen molar-refractivity contribution in [2.75, 3.05) is 6.26 Å². The molecule has 0 radical (unpaired) electrons. The van der Waals surface area contributed by atoms with E-state index in [0.29, 0.717) is 0 Å². The molecule has 0 bridgehead atoms. The molecule has 0 aliphatic carbocycles. The van der Waals surface area contributed by atoms with Gasteiger partial charge in [-0.3, -0.25) is 0 Å². The molecule has 0 heterocycles. The van der Waals surface area contributed by atoms with Crippen molar-refractivity contribution in [3.63, 3.8) is 0 Å². The van der Waals surface area contributed by atoms with Gasteiger partial charge in [0.05, 0.1) is 6.10 Å². The molecule has 1 nitrogen and oxygen atoms in total. The van der Waals surface area contributed by atoms with Gasteiger partial charge in [0.15, 0.2) is 0 Å². The topological polar surface area (TPSA) is 9.23 Å². The van der Waals surface area contributed by atoms with Crippen molar-refractivity contribution < 1.29 is 4.74 Å². The number of para-hydroxylation sites is 1. The van der Waals surface area contributed by atoms with E-state index in [2.05, 4.69) is 12.3 Å². The Labute approximate surface area is 78.1 Å². The number of hydrogen-bond donors (Lipinski definition) is 0. The second-order valence-electron chi connectivity index (χ2n) is 2.82. The summed E-state index contributed by atoms with van der Waals surface area (Å²) in [5.74, 6) is 0.986. The predicted octanol–water partition coefficient (Wildman–Crippen LogP) is 3.20. The SMILES string of the molecule is CSc1ccccc1OC(C)C. The Kier molecular flexibility index (Phi) is 3.48. The molecular weight excluding hydrogens is 168 g/mol. The lowest BCUT2D eigenvalue weighted by atomic mass is 10.3. The molecule has 0 fully saturated rings. The average molecular weight is 182 g/mol. The van der Waals surface area contributed by atoms with E-state index in [-0.39, 0.29) is 6.10 Å². The number of benzene rings is 1. The second kappa shape index (κ2) is 4.41. The van der Waals surface area contributed by atoms with Crippen molar-refractivity contribution in [1.82, 2.24) is 0 Å². The molecule has 0 unspecified atom stereocenters. The minimum atomic E-state index is 0.248. The van der Waals surface area contributed by atoms with E-state index in [1.54, 1.807) is 11.8 Å². The summed E-state index contributed by atoms with van der Waals surface area (Å²) >= 11 is 1.71. The Morgan fingerprint density at radius 1 is 1.25 bits per heavy atom. The number of hydrogen-bond acceptors (Lipinski definition) is 2. The highest BCUT2D eigenvalue weighted by Gasteiger charge is 2.02. The molecule has 0 aliphatic heterocycles. The molecular formula is C10H14OS. The average Bonchev–Trinajstić information content (AvgIpc) is 2.04. The smallest absolute Gasteiger partial charge is 0.133 e. The Morgan fingerprint density at radius 3 is 2.50 bits per heavy atom. The van der Waals surface area contributed by atoms with Crippen LogP contribution in [0.2, 0.25) is 0 Å². The molecule has 2 heteroatoms. The first kappa shape index (κ1) is 9.46. The summed E-state index contributed by atoms with van der Waals surface area (Å²) in [7, 11) is 0. The largest absolute Gasteiger partial charge is 0.490 e. The minimum Gasteiger partial charge on any atom is -0.490 e. The van der Waals surface area contributed by atoms with E-state index in [1.165, 1.54) is 4.90 Å². The standard InChI is InChI=1S/C10H14OS/c1-8(2)11-9-6-4-5-7-10(9)12-3/h4-8H,1-3H3. The van der Waals surface area contributed by atoms with E-state index in [9.17, 15) is 0 Å². The Bertz CT molecular complexity index is 245. The summed E-state index contributed by atoms with van der Waals surface area (Å²) in [6.45, 7) is 4.08. The molecule has 0 aliphatic rings. The van der Waals surface area contributed by atoms with Gasteiger partial charge in [-0.1, -0.05) is 12.1 Å². The molecule has 12 heavy (non-hydrogen) atoms. The van der Waals surface area contributed by atoms with Crippen LogP contribution in [0.1, 0.15) is 13.8 Å². The van der Waals surface area contributed by atoms with Crippen LogP contribution in [0.5, 0.6) is 5.75 Å². The van der Waals surface area contributed by atoms with Gasteiger partial charge in [0, 0.05) is 4.90 Å². The van der Waals surface area contributed by atoms with Gasteiger partial charge in [-0.2, -0.15) is 0 Å². The Hall–Kier alpha value is -0.630. The van der Waals surface area contributed by atoms with E-state index in [1.807, 2.05) is 32.0 Å². The second-order valence-corrected chi connectivity index (χ2v) is 3.67. The minimum absolute atomic E-state index is 0.248. The highest BCUT2D eigenvalue weighted by Crippen LogP contribution is 2.27. The zero-order valence-electron chi connectivity index (χ0n) is 7.70. The van der Waals surface area contributed by atoms with Crippen LogP contribution in [-0.2, 0) is 0 Å². The van der Waals surface area contributed by atoms with Gasteiger partial charge < -0.3 is 4.74 Å². The number of thioether (sulfide) groups is 1. The maximum Gasteiger partial charge on any atom is 0.133 e. The van der Waals surface area contributed by atoms with Crippen LogP contribution in [0, 0.1) is 0 Å². The normalized spacial score (nSPS) is 10.3. The maximum absolute atomic E-state index is 5.62. The highest BCUT2D eigenvalue weighted by molar-refractivity contribution is 7.98. The van der Waals surface area contributed by atoms with Crippen LogP contribution in [0.4, 0.5) is 0 Å². The van der Waals surface area contributed by atoms with Crippen LogP contribution in [-0.4, -0.2) is 12.4 Å². The van der Waals surface area contributed by atoms with Crippen LogP contribution >= 0.6 is 11.8 Å². The lowest BCUT2D eigenvalue weighted by Crippen LogP contribution is -2.05. The van der Waals surface area contributed by atoms with Gasteiger partial charge in [-0.15, -0.1) is 11.8 Å². The molecule has 0 atom stereocenters. The van der Waals surface area contributed by atoms with Crippen molar-refractivity contribution in [1.29, 1.82) is 0 Å². The fourth-order valence-electron chi connectivity index (χ4n) is 0.970. The third-order valence-corrected chi connectivity index (χ3v) is 2.21. The summed E-state index contributed by atoms with van der Waals surface area (Å²) < 4.78 is 5.62. The van der Waals surface area contributed by atoms with Gasteiger partial charge in [0.2, 0.25) is 0 Å². The monoisotopic (exact) mass is 182 g/mol. The van der Waals surface area contributed by atoms with Crippen molar-refractivity contribution in [3.8, 4) is 5.75 Å². The molecule has 1 rings (SSSR count). The van der Waals surface area contributed by atoms with Crippen LogP contribution in [0.15, 0.2) is 29.2 Å². The van der Waals surface area contributed by atoms with Crippen LogP contribution in [0.25, 0.3) is 0 Å². The fourth-order valence-corrected chi connectivity index (χ4v) is 1.50. The molecule has 0 spiro atoms. The quantitative estimate of drug-likeness (QED) is 0.664. The lowest BCUT2D eigenvalue weighted by Gasteiger charge is -2.12. The van der Waals surface area contributed by atoms with Crippen molar-refractivity contribution in [2.45, 2.75) is 24.8 Å². The van der Waals surface area contributed by atoms with Crippen molar-refractivity contribution >= 4 is 11.8 Å². The summed E-state index contributed by atoms with van der Waals surface area (Å²) in [5, 5.41) is 0. The molecule has 0 saturated heterocycles. The molecule has 1 aromatic rings. The first-order valence-corrected chi connectivity index (χ1v) is 5.26. The van der Waals surface area contributed by atoms with Crippen molar-refractivity contribution in [3.05, 3.63) is 24.3 Å². The van der Waals surface area contributed by atoms with Gasteiger partial charge in [0.1, 0.15) is 5.75 Å². The van der Waals surface area contributed by atoms with Crippen molar-refractivity contribution in [2.24, 2.45) is 0 Å². The fraction of sp³-hybridized carbons (Fsp3) is 0.400. The van der Waals surface area contributed by atoms with Crippen LogP contribution < -0.4 is 4.74 Å². The van der Waals surface area contributed by atoms with Gasteiger partial charge in [-0.25, -0.2) is 0 Å². The van der Waals surface area contributed by atoms with E-state index < -0.39 is 0 Å². The maximum atomic E-state index is 5.62. The molecule has 0 N–H and O–H groups in total. The molecule has 1 aromatic carbocycles.